The smallest absolute Gasteiger partial charge is 0.227 e. The second-order valence-corrected chi connectivity index (χ2v) is 5.93. The minimum atomic E-state index is 0.113. The van der Waals surface area contributed by atoms with Gasteiger partial charge in [0, 0.05) is 23.7 Å². The highest BCUT2D eigenvalue weighted by molar-refractivity contribution is 5.92. The van der Waals surface area contributed by atoms with Gasteiger partial charge in [-0.3, -0.25) is 4.79 Å². The molecular formula is C17H26N2O2. The molecule has 1 aromatic rings. The third kappa shape index (κ3) is 4.46. The molecule has 0 saturated heterocycles. The van der Waals surface area contributed by atoms with Crippen molar-refractivity contribution in [2.45, 2.75) is 38.6 Å². The molecule has 1 aliphatic carbocycles. The minimum absolute atomic E-state index is 0.113. The Morgan fingerprint density at radius 3 is 2.90 bits per heavy atom. The predicted molar refractivity (Wildman–Crippen MR) is 85.7 cm³/mol. The Morgan fingerprint density at radius 2 is 2.19 bits per heavy atom. The van der Waals surface area contributed by atoms with Gasteiger partial charge in [-0.2, -0.15) is 0 Å². The van der Waals surface area contributed by atoms with Crippen LogP contribution in [0.2, 0.25) is 0 Å². The van der Waals surface area contributed by atoms with E-state index in [1.54, 1.807) is 0 Å². The molecule has 2 unspecified atom stereocenters. The first kappa shape index (κ1) is 15.8. The summed E-state index contributed by atoms with van der Waals surface area (Å²) < 4.78 is 5.46. The maximum Gasteiger partial charge on any atom is 0.227 e. The number of carbonyl (C=O) groups is 1. The maximum absolute atomic E-state index is 12.4. The second-order valence-electron chi connectivity index (χ2n) is 5.93. The molecule has 1 saturated carbocycles. The highest BCUT2D eigenvalue weighted by Gasteiger charge is 2.28. The van der Waals surface area contributed by atoms with Crippen molar-refractivity contribution in [1.82, 2.24) is 4.90 Å². The van der Waals surface area contributed by atoms with E-state index in [9.17, 15) is 4.79 Å². The Morgan fingerprint density at radius 1 is 1.38 bits per heavy atom. The van der Waals surface area contributed by atoms with E-state index < -0.39 is 0 Å². The van der Waals surface area contributed by atoms with Gasteiger partial charge in [0.25, 0.3) is 0 Å². The van der Waals surface area contributed by atoms with Crippen LogP contribution < -0.4 is 10.1 Å². The number of ether oxygens (including phenoxy) is 1. The lowest BCUT2D eigenvalue weighted by Gasteiger charge is -2.32. The summed E-state index contributed by atoms with van der Waals surface area (Å²) in [5.74, 6) is 1.04. The van der Waals surface area contributed by atoms with Crippen molar-refractivity contribution < 1.29 is 9.53 Å². The number of rotatable bonds is 5. The van der Waals surface area contributed by atoms with Gasteiger partial charge in [-0.1, -0.05) is 12.5 Å². The first-order valence-electron chi connectivity index (χ1n) is 7.80. The molecule has 1 amide bonds. The van der Waals surface area contributed by atoms with Crippen molar-refractivity contribution in [3.8, 4) is 5.75 Å². The summed E-state index contributed by atoms with van der Waals surface area (Å²) in [7, 11) is 4.19. The molecule has 0 heterocycles. The predicted octanol–water partition coefficient (Wildman–Crippen LogP) is 3.14. The summed E-state index contributed by atoms with van der Waals surface area (Å²) in [4.78, 5) is 14.7. The Kier molecular flexibility index (Phi) is 5.62. The molecule has 4 heteroatoms. The lowest BCUT2D eigenvalue weighted by Crippen LogP contribution is -2.37. The van der Waals surface area contributed by atoms with Crippen LogP contribution in [0.3, 0.4) is 0 Å². The molecule has 1 aromatic carbocycles. The number of nitrogens with one attached hydrogen (secondary N) is 1. The first-order chi connectivity index (χ1) is 10.1. The highest BCUT2D eigenvalue weighted by Crippen LogP contribution is 2.28. The zero-order valence-corrected chi connectivity index (χ0v) is 13.3. The fraction of sp³-hybridized carbons (Fsp3) is 0.588. The van der Waals surface area contributed by atoms with Crippen molar-refractivity contribution in [2.75, 3.05) is 26.0 Å². The number of anilines is 1. The van der Waals surface area contributed by atoms with E-state index in [1.807, 2.05) is 31.2 Å². The molecule has 1 fully saturated rings. The highest BCUT2D eigenvalue weighted by atomic mass is 16.5. The topological polar surface area (TPSA) is 41.6 Å². The summed E-state index contributed by atoms with van der Waals surface area (Å²) in [6, 6.07) is 8.12. The van der Waals surface area contributed by atoms with Gasteiger partial charge < -0.3 is 15.0 Å². The average molecular weight is 290 g/mol. The zero-order valence-electron chi connectivity index (χ0n) is 13.3. The first-order valence-corrected chi connectivity index (χ1v) is 7.80. The van der Waals surface area contributed by atoms with Gasteiger partial charge in [0.05, 0.1) is 6.61 Å². The maximum atomic E-state index is 12.4. The molecule has 0 spiro atoms. The Hall–Kier alpha value is -1.55. The molecule has 2 rings (SSSR count). The van der Waals surface area contributed by atoms with Crippen molar-refractivity contribution in [1.29, 1.82) is 0 Å². The van der Waals surface area contributed by atoms with Gasteiger partial charge in [-0.15, -0.1) is 0 Å². The molecule has 0 aromatic heterocycles. The van der Waals surface area contributed by atoms with Gasteiger partial charge in [-0.25, -0.2) is 0 Å². The van der Waals surface area contributed by atoms with Crippen molar-refractivity contribution in [3.05, 3.63) is 24.3 Å². The number of hydrogen-bond donors (Lipinski definition) is 1. The van der Waals surface area contributed by atoms with Gasteiger partial charge in [0.1, 0.15) is 5.75 Å². The standard InChI is InChI=1S/C17H26N2O2/c1-4-21-16-10-6-8-14(12-16)18-17(20)13-7-5-9-15(11-13)19(2)3/h6,8,10,12-13,15H,4-5,7,9,11H2,1-3H3,(H,18,20). The number of nitrogens with zero attached hydrogens (tertiary/aromatic N) is 1. The molecule has 0 aliphatic heterocycles. The number of amides is 1. The molecule has 1 N–H and O–H groups in total. The summed E-state index contributed by atoms with van der Waals surface area (Å²) in [6.07, 6.45) is 4.25. The van der Waals surface area contributed by atoms with Crippen LogP contribution in [0.15, 0.2) is 24.3 Å². The third-order valence-corrected chi connectivity index (χ3v) is 4.16. The molecular weight excluding hydrogens is 264 g/mol. The minimum Gasteiger partial charge on any atom is -0.494 e. The van der Waals surface area contributed by atoms with Crippen LogP contribution in [0.25, 0.3) is 0 Å². The van der Waals surface area contributed by atoms with Crippen LogP contribution in [0.4, 0.5) is 5.69 Å². The fourth-order valence-corrected chi connectivity index (χ4v) is 2.95. The van der Waals surface area contributed by atoms with Crippen LogP contribution in [-0.4, -0.2) is 37.6 Å². The van der Waals surface area contributed by atoms with Crippen molar-refractivity contribution in [3.63, 3.8) is 0 Å². The lowest BCUT2D eigenvalue weighted by molar-refractivity contribution is -0.121. The van der Waals surface area contributed by atoms with Crippen LogP contribution in [0.1, 0.15) is 32.6 Å². The number of carbonyl (C=O) groups excluding carboxylic acids is 1. The van der Waals surface area contributed by atoms with Crippen LogP contribution in [0, 0.1) is 5.92 Å². The Labute approximate surface area is 127 Å². The zero-order chi connectivity index (χ0) is 15.2. The summed E-state index contributed by atoms with van der Waals surface area (Å²) in [5.41, 5.74) is 0.818. The lowest BCUT2D eigenvalue weighted by atomic mass is 9.84. The van der Waals surface area contributed by atoms with Crippen molar-refractivity contribution >= 4 is 11.6 Å². The molecule has 0 radical (unpaired) electrons. The summed E-state index contributed by atoms with van der Waals surface area (Å²) in [6.45, 7) is 2.58. The van der Waals surface area contributed by atoms with Gasteiger partial charge >= 0.3 is 0 Å². The molecule has 2 atom stereocenters. The Balaban J connectivity index is 1.96. The number of benzene rings is 1. The van der Waals surface area contributed by atoms with E-state index in [0.29, 0.717) is 12.6 Å². The largest absolute Gasteiger partial charge is 0.494 e. The van der Waals surface area contributed by atoms with Crippen LogP contribution >= 0.6 is 0 Å². The van der Waals surface area contributed by atoms with E-state index in [2.05, 4.69) is 24.3 Å². The van der Waals surface area contributed by atoms with Gasteiger partial charge in [-0.05, 0) is 52.4 Å². The second kappa shape index (κ2) is 7.46. The normalized spacial score (nSPS) is 22.1. The van der Waals surface area contributed by atoms with Crippen LogP contribution in [-0.2, 0) is 4.79 Å². The molecule has 0 bridgehead atoms. The molecule has 116 valence electrons. The van der Waals surface area contributed by atoms with E-state index >= 15 is 0 Å². The Bertz CT molecular complexity index is 474. The fourth-order valence-electron chi connectivity index (χ4n) is 2.95. The van der Waals surface area contributed by atoms with Crippen molar-refractivity contribution in [2.24, 2.45) is 5.92 Å². The van der Waals surface area contributed by atoms with E-state index in [4.69, 9.17) is 4.74 Å². The number of hydrogen-bond acceptors (Lipinski definition) is 3. The molecule has 1 aliphatic rings. The van der Waals surface area contributed by atoms with Crippen LogP contribution in [0.5, 0.6) is 5.75 Å². The summed E-state index contributed by atoms with van der Waals surface area (Å²) in [5, 5.41) is 3.03. The average Bonchev–Trinajstić information content (AvgIpc) is 2.48. The monoisotopic (exact) mass is 290 g/mol. The van der Waals surface area contributed by atoms with Gasteiger partial charge in [0.2, 0.25) is 5.91 Å². The summed E-state index contributed by atoms with van der Waals surface area (Å²) >= 11 is 0. The van der Waals surface area contributed by atoms with Gasteiger partial charge in [0.15, 0.2) is 0 Å². The third-order valence-electron chi connectivity index (χ3n) is 4.16. The van der Waals surface area contributed by atoms with E-state index in [0.717, 1.165) is 30.7 Å². The quantitative estimate of drug-likeness (QED) is 0.906. The van der Waals surface area contributed by atoms with E-state index in [-0.39, 0.29) is 11.8 Å². The SMILES string of the molecule is CCOc1cccc(NC(=O)C2CCCC(N(C)C)C2)c1. The molecule has 21 heavy (non-hydrogen) atoms. The van der Waals surface area contributed by atoms with E-state index in [1.165, 1.54) is 6.42 Å². The molecule has 4 nitrogen and oxygen atoms in total.